The first-order valence-corrected chi connectivity index (χ1v) is 9.85. The summed E-state index contributed by atoms with van der Waals surface area (Å²) < 4.78 is 27.4. The molecule has 1 aromatic carbocycles. The highest BCUT2D eigenvalue weighted by Gasteiger charge is 2.29. The quantitative estimate of drug-likeness (QED) is 0.780. The fraction of sp³-hybridized carbons (Fsp3) is 0.588. The van der Waals surface area contributed by atoms with Crippen molar-refractivity contribution in [2.75, 3.05) is 19.6 Å². The topological polar surface area (TPSA) is 86.7 Å². The Morgan fingerprint density at radius 2 is 2.04 bits per heavy atom. The second kappa shape index (κ2) is 8.09. The number of carboxylic acids is 1. The average molecular weight is 354 g/mol. The Balaban J connectivity index is 1.96. The van der Waals surface area contributed by atoms with E-state index in [0.717, 1.165) is 24.9 Å². The average Bonchev–Trinajstić information content (AvgIpc) is 2.54. The Hall–Kier alpha value is -1.44. The van der Waals surface area contributed by atoms with Crippen LogP contribution < -0.4 is 4.72 Å². The van der Waals surface area contributed by atoms with Crippen LogP contribution >= 0.6 is 0 Å². The van der Waals surface area contributed by atoms with Gasteiger partial charge in [-0.05, 0) is 50.8 Å². The van der Waals surface area contributed by atoms with Crippen LogP contribution in [0.4, 0.5) is 0 Å². The summed E-state index contributed by atoms with van der Waals surface area (Å²) in [6, 6.07) is 6.26. The lowest BCUT2D eigenvalue weighted by Crippen LogP contribution is -2.48. The molecule has 1 saturated heterocycles. The zero-order chi connectivity index (χ0) is 17.7. The number of likely N-dealkylation sites (tertiary alicyclic amines) is 1. The van der Waals surface area contributed by atoms with E-state index in [2.05, 4.69) is 4.72 Å². The van der Waals surface area contributed by atoms with Gasteiger partial charge in [0.1, 0.15) is 6.04 Å². The summed E-state index contributed by atoms with van der Waals surface area (Å²) in [7, 11) is -3.52. The first kappa shape index (κ1) is 18.9. The number of rotatable bonds is 7. The van der Waals surface area contributed by atoms with Gasteiger partial charge in [-0.1, -0.05) is 24.6 Å². The van der Waals surface area contributed by atoms with E-state index in [4.69, 9.17) is 0 Å². The van der Waals surface area contributed by atoms with Crippen molar-refractivity contribution in [3.63, 3.8) is 0 Å². The number of carbonyl (C=O) groups is 1. The van der Waals surface area contributed by atoms with E-state index in [-0.39, 0.29) is 10.8 Å². The molecule has 0 saturated carbocycles. The molecule has 0 bridgehead atoms. The maximum atomic E-state index is 12.3. The van der Waals surface area contributed by atoms with Gasteiger partial charge in [0.25, 0.3) is 0 Å². The zero-order valence-electron chi connectivity index (χ0n) is 14.2. The second-order valence-corrected chi connectivity index (χ2v) is 8.20. The molecule has 1 aromatic rings. The second-order valence-electron chi connectivity index (χ2n) is 6.43. The van der Waals surface area contributed by atoms with E-state index in [0.29, 0.717) is 19.5 Å². The fourth-order valence-corrected chi connectivity index (χ4v) is 4.28. The van der Waals surface area contributed by atoms with E-state index < -0.39 is 22.0 Å². The summed E-state index contributed by atoms with van der Waals surface area (Å²) in [5.74, 6) is -0.675. The largest absolute Gasteiger partial charge is 0.480 e. The Bertz CT molecular complexity index is 658. The van der Waals surface area contributed by atoms with E-state index in [1.807, 2.05) is 18.7 Å². The van der Waals surface area contributed by atoms with Crippen molar-refractivity contribution in [2.24, 2.45) is 5.92 Å². The summed E-state index contributed by atoms with van der Waals surface area (Å²) in [5.41, 5.74) is 1.01. The van der Waals surface area contributed by atoms with Crippen LogP contribution in [0.2, 0.25) is 0 Å². The number of sulfonamides is 1. The highest BCUT2D eigenvalue weighted by molar-refractivity contribution is 7.89. The normalized spacial score (nSPS) is 20.7. The fourth-order valence-electron chi connectivity index (χ4n) is 3.16. The van der Waals surface area contributed by atoms with Crippen LogP contribution in [0, 0.1) is 12.8 Å². The van der Waals surface area contributed by atoms with Gasteiger partial charge in [-0.3, -0.25) is 9.69 Å². The molecule has 1 aliphatic heterocycles. The molecule has 1 fully saturated rings. The van der Waals surface area contributed by atoms with Gasteiger partial charge in [0.15, 0.2) is 0 Å². The lowest BCUT2D eigenvalue weighted by Gasteiger charge is -2.36. The summed E-state index contributed by atoms with van der Waals surface area (Å²) in [6.45, 7) is 5.48. The smallest absolute Gasteiger partial charge is 0.320 e. The third kappa shape index (κ3) is 4.78. The van der Waals surface area contributed by atoms with Crippen LogP contribution in [0.5, 0.6) is 0 Å². The van der Waals surface area contributed by atoms with Gasteiger partial charge in [-0.25, -0.2) is 13.1 Å². The monoisotopic (exact) mass is 354 g/mol. The van der Waals surface area contributed by atoms with Gasteiger partial charge < -0.3 is 5.11 Å². The maximum Gasteiger partial charge on any atom is 0.320 e. The first-order chi connectivity index (χ1) is 11.3. The van der Waals surface area contributed by atoms with Gasteiger partial charge in [0, 0.05) is 13.1 Å². The van der Waals surface area contributed by atoms with Crippen molar-refractivity contribution >= 4 is 16.0 Å². The molecular formula is C17H26N2O4S. The van der Waals surface area contributed by atoms with Crippen LogP contribution in [0.1, 0.15) is 31.7 Å². The minimum Gasteiger partial charge on any atom is -0.480 e. The zero-order valence-corrected chi connectivity index (χ0v) is 15.1. The lowest BCUT2D eigenvalue weighted by atomic mass is 9.96. The Kier molecular flexibility index (Phi) is 6.37. The van der Waals surface area contributed by atoms with Gasteiger partial charge in [0.2, 0.25) is 10.0 Å². The molecule has 134 valence electrons. The number of carboxylic acid groups (broad SMARTS) is 1. The maximum absolute atomic E-state index is 12.3. The van der Waals surface area contributed by atoms with Crippen LogP contribution in [0.3, 0.4) is 0 Å². The summed E-state index contributed by atoms with van der Waals surface area (Å²) in [4.78, 5) is 13.5. The minimum atomic E-state index is -3.52. The Morgan fingerprint density at radius 3 is 2.62 bits per heavy atom. The molecular weight excluding hydrogens is 328 g/mol. The van der Waals surface area contributed by atoms with Crippen molar-refractivity contribution in [3.05, 3.63) is 29.8 Å². The molecule has 2 atom stereocenters. The predicted octanol–water partition coefficient (Wildman–Crippen LogP) is 1.85. The molecule has 2 unspecified atom stereocenters. The number of piperidine rings is 1. The molecule has 2 N–H and O–H groups in total. The number of nitrogens with zero attached hydrogens (tertiary/aromatic N) is 1. The van der Waals surface area contributed by atoms with Gasteiger partial charge in [-0.2, -0.15) is 0 Å². The number of hydrogen-bond acceptors (Lipinski definition) is 4. The molecule has 1 aliphatic rings. The third-order valence-electron chi connectivity index (χ3n) is 4.56. The van der Waals surface area contributed by atoms with Crippen molar-refractivity contribution in [3.8, 4) is 0 Å². The van der Waals surface area contributed by atoms with Crippen molar-refractivity contribution in [2.45, 2.75) is 44.0 Å². The van der Waals surface area contributed by atoms with Gasteiger partial charge >= 0.3 is 5.97 Å². The van der Waals surface area contributed by atoms with Crippen LogP contribution in [-0.4, -0.2) is 50.1 Å². The van der Waals surface area contributed by atoms with E-state index in [9.17, 15) is 18.3 Å². The molecule has 0 radical (unpaired) electrons. The number of nitrogens with one attached hydrogen (secondary N) is 1. The molecule has 1 heterocycles. The molecule has 6 nitrogen and oxygen atoms in total. The molecule has 0 spiro atoms. The summed E-state index contributed by atoms with van der Waals surface area (Å²) in [5, 5.41) is 9.29. The van der Waals surface area contributed by atoms with E-state index >= 15 is 0 Å². The molecule has 0 aromatic heterocycles. The number of hydrogen-bond donors (Lipinski definition) is 2. The molecule has 0 aliphatic carbocycles. The van der Waals surface area contributed by atoms with Crippen LogP contribution in [0.25, 0.3) is 0 Å². The molecule has 0 amide bonds. The van der Waals surface area contributed by atoms with Gasteiger partial charge in [0.05, 0.1) is 4.90 Å². The first-order valence-electron chi connectivity index (χ1n) is 8.36. The number of benzene rings is 1. The van der Waals surface area contributed by atoms with Crippen molar-refractivity contribution in [1.29, 1.82) is 0 Å². The summed E-state index contributed by atoms with van der Waals surface area (Å²) in [6.07, 6.45) is 2.35. The third-order valence-corrected chi connectivity index (χ3v) is 6.00. The van der Waals surface area contributed by atoms with Crippen molar-refractivity contribution in [1.82, 2.24) is 9.62 Å². The van der Waals surface area contributed by atoms with Crippen LogP contribution in [0.15, 0.2) is 29.2 Å². The Morgan fingerprint density at radius 1 is 1.38 bits per heavy atom. The minimum absolute atomic E-state index is 0.132. The highest BCUT2D eigenvalue weighted by Crippen LogP contribution is 2.20. The van der Waals surface area contributed by atoms with E-state index in [1.165, 1.54) is 0 Å². The Labute approximate surface area is 143 Å². The van der Waals surface area contributed by atoms with Crippen molar-refractivity contribution < 1.29 is 18.3 Å². The number of aryl methyl sites for hydroxylation is 1. The van der Waals surface area contributed by atoms with Crippen LogP contribution in [-0.2, 0) is 14.8 Å². The highest BCUT2D eigenvalue weighted by atomic mass is 32.2. The molecule has 2 rings (SSSR count). The standard InChI is InChI=1S/C17H26N2O4S/c1-3-16(17(20)21)19-10-4-5-14(12-19)11-18-24(22,23)15-8-6-13(2)7-9-15/h6-9,14,16,18H,3-5,10-12H2,1-2H3,(H,20,21). The lowest BCUT2D eigenvalue weighted by molar-refractivity contribution is -0.144. The van der Waals surface area contributed by atoms with Gasteiger partial charge in [-0.15, -0.1) is 0 Å². The number of aliphatic carboxylic acids is 1. The molecule has 24 heavy (non-hydrogen) atoms. The SMILES string of the molecule is CCC(C(=O)O)N1CCCC(CNS(=O)(=O)c2ccc(C)cc2)C1. The summed E-state index contributed by atoms with van der Waals surface area (Å²) >= 11 is 0. The van der Waals surface area contributed by atoms with E-state index in [1.54, 1.807) is 24.3 Å². The molecule has 7 heteroatoms. The predicted molar refractivity (Wildman–Crippen MR) is 92.4 cm³/mol.